The molecule has 108 valence electrons. The second kappa shape index (κ2) is 5.64. The summed E-state index contributed by atoms with van der Waals surface area (Å²) in [7, 11) is -3.62. The molecule has 1 heterocycles. The zero-order valence-electron chi connectivity index (χ0n) is 11.4. The minimum Gasteiger partial charge on any atom is -0.399 e. The van der Waals surface area contributed by atoms with Gasteiger partial charge in [-0.15, -0.1) is 0 Å². The quantitative estimate of drug-likeness (QED) is 0.818. The van der Waals surface area contributed by atoms with Gasteiger partial charge in [0.05, 0.1) is 6.33 Å². The third-order valence-electron chi connectivity index (χ3n) is 3.02. The Morgan fingerprint density at radius 2 is 2.00 bits per heavy atom. The first-order valence-electron chi connectivity index (χ1n) is 6.32. The van der Waals surface area contributed by atoms with Crippen molar-refractivity contribution in [2.45, 2.75) is 31.5 Å². The Bertz CT molecular complexity index is 677. The molecule has 1 aromatic heterocycles. The number of hydrogen-bond acceptors (Lipinski definition) is 4. The number of nitrogen functional groups attached to an aromatic ring is 1. The zero-order chi connectivity index (χ0) is 14.8. The largest absolute Gasteiger partial charge is 0.399 e. The van der Waals surface area contributed by atoms with Crippen LogP contribution in [0.5, 0.6) is 0 Å². The molecule has 0 fully saturated rings. The van der Waals surface area contributed by atoms with E-state index in [0.29, 0.717) is 12.2 Å². The monoisotopic (exact) mass is 294 g/mol. The minimum absolute atomic E-state index is 0.0293. The molecular formula is C13H18N4O2S. The topological polar surface area (TPSA) is 90.0 Å². The smallest absolute Gasteiger partial charge is 0.260 e. The van der Waals surface area contributed by atoms with Crippen molar-refractivity contribution < 1.29 is 8.42 Å². The Morgan fingerprint density at radius 3 is 2.55 bits per heavy atom. The van der Waals surface area contributed by atoms with Crippen molar-refractivity contribution in [3.05, 3.63) is 42.4 Å². The number of sulfonamides is 1. The van der Waals surface area contributed by atoms with E-state index in [-0.39, 0.29) is 11.1 Å². The molecule has 7 heteroatoms. The molecule has 1 atom stereocenters. The van der Waals surface area contributed by atoms with E-state index in [1.165, 1.54) is 12.5 Å². The standard InChI is InChI=1S/C13H18N4O2S/c1-3-17-8-13(15-9-17)20(18,19)16-10(2)11-4-6-12(14)7-5-11/h4-10,16H,3,14H2,1-2H3. The molecule has 2 rings (SSSR count). The highest BCUT2D eigenvalue weighted by Gasteiger charge is 2.20. The van der Waals surface area contributed by atoms with Crippen molar-refractivity contribution in [3.63, 3.8) is 0 Å². The van der Waals surface area contributed by atoms with E-state index >= 15 is 0 Å². The summed E-state index contributed by atoms with van der Waals surface area (Å²) >= 11 is 0. The van der Waals surface area contributed by atoms with Gasteiger partial charge in [0.15, 0.2) is 5.03 Å². The SMILES string of the molecule is CCn1cnc(S(=O)(=O)NC(C)c2ccc(N)cc2)c1. The van der Waals surface area contributed by atoms with E-state index in [0.717, 1.165) is 5.56 Å². The summed E-state index contributed by atoms with van der Waals surface area (Å²) in [5, 5.41) is 0.0293. The molecule has 3 N–H and O–H groups in total. The maximum atomic E-state index is 12.2. The number of nitrogens with two attached hydrogens (primary N) is 1. The van der Waals surface area contributed by atoms with Gasteiger partial charge >= 0.3 is 0 Å². The van der Waals surface area contributed by atoms with E-state index in [4.69, 9.17) is 5.73 Å². The van der Waals surface area contributed by atoms with Gasteiger partial charge in [-0.25, -0.2) is 18.1 Å². The van der Waals surface area contributed by atoms with Crippen LogP contribution >= 0.6 is 0 Å². The van der Waals surface area contributed by atoms with Crippen molar-refractivity contribution in [3.8, 4) is 0 Å². The van der Waals surface area contributed by atoms with Crippen LogP contribution in [-0.2, 0) is 16.6 Å². The number of hydrogen-bond donors (Lipinski definition) is 2. The van der Waals surface area contributed by atoms with Crippen LogP contribution in [0.25, 0.3) is 0 Å². The van der Waals surface area contributed by atoms with E-state index in [1.807, 2.05) is 6.92 Å². The number of benzene rings is 1. The molecule has 0 amide bonds. The first kappa shape index (κ1) is 14.5. The molecule has 2 aromatic rings. The van der Waals surface area contributed by atoms with Crippen LogP contribution in [0, 0.1) is 0 Å². The Kier molecular flexibility index (Phi) is 4.10. The average molecular weight is 294 g/mol. The maximum Gasteiger partial charge on any atom is 0.260 e. The molecule has 0 aliphatic rings. The number of imidazole rings is 1. The van der Waals surface area contributed by atoms with Crippen molar-refractivity contribution in [1.29, 1.82) is 0 Å². The van der Waals surface area contributed by atoms with Crippen molar-refractivity contribution >= 4 is 15.7 Å². The highest BCUT2D eigenvalue weighted by molar-refractivity contribution is 7.89. The Labute approximate surface area is 118 Å². The molecule has 0 saturated carbocycles. The predicted molar refractivity (Wildman–Crippen MR) is 77.5 cm³/mol. The summed E-state index contributed by atoms with van der Waals surface area (Å²) in [6.45, 7) is 4.37. The molecule has 0 spiro atoms. The fraction of sp³-hybridized carbons (Fsp3) is 0.308. The lowest BCUT2D eigenvalue weighted by molar-refractivity contribution is 0.563. The van der Waals surface area contributed by atoms with Gasteiger partial charge in [-0.2, -0.15) is 0 Å². The van der Waals surface area contributed by atoms with Gasteiger partial charge in [0.25, 0.3) is 10.0 Å². The molecule has 1 aromatic carbocycles. The average Bonchev–Trinajstić information content (AvgIpc) is 2.88. The Hall–Kier alpha value is -1.86. The number of aromatic nitrogens is 2. The zero-order valence-corrected chi connectivity index (χ0v) is 12.3. The maximum absolute atomic E-state index is 12.2. The molecule has 0 aliphatic carbocycles. The highest BCUT2D eigenvalue weighted by atomic mass is 32.2. The third kappa shape index (κ3) is 3.17. The fourth-order valence-electron chi connectivity index (χ4n) is 1.80. The second-order valence-electron chi connectivity index (χ2n) is 4.55. The number of nitrogens with zero attached hydrogens (tertiary/aromatic N) is 2. The number of aryl methyl sites for hydroxylation is 1. The molecule has 0 radical (unpaired) electrons. The fourth-order valence-corrected chi connectivity index (χ4v) is 2.98. The lowest BCUT2D eigenvalue weighted by Gasteiger charge is -2.13. The van der Waals surface area contributed by atoms with E-state index < -0.39 is 10.0 Å². The summed E-state index contributed by atoms with van der Waals surface area (Å²) in [6.07, 6.45) is 3.01. The van der Waals surface area contributed by atoms with Gasteiger partial charge in [0.2, 0.25) is 0 Å². The van der Waals surface area contributed by atoms with Crippen LogP contribution in [-0.4, -0.2) is 18.0 Å². The second-order valence-corrected chi connectivity index (χ2v) is 6.21. The Balaban J connectivity index is 2.17. The van der Waals surface area contributed by atoms with Crippen LogP contribution in [0.2, 0.25) is 0 Å². The third-order valence-corrected chi connectivity index (χ3v) is 4.44. The van der Waals surface area contributed by atoms with E-state index in [2.05, 4.69) is 9.71 Å². The molecular weight excluding hydrogens is 276 g/mol. The van der Waals surface area contributed by atoms with Gasteiger partial charge in [-0.05, 0) is 31.5 Å². The summed E-state index contributed by atoms with van der Waals surface area (Å²) in [5.41, 5.74) is 7.10. The van der Waals surface area contributed by atoms with Gasteiger partial charge < -0.3 is 10.3 Å². The van der Waals surface area contributed by atoms with Crippen molar-refractivity contribution in [2.24, 2.45) is 0 Å². The number of anilines is 1. The minimum atomic E-state index is -3.62. The van der Waals surface area contributed by atoms with Gasteiger partial charge in [0, 0.05) is 24.5 Å². The first-order chi connectivity index (χ1) is 9.42. The molecule has 0 aliphatic heterocycles. The summed E-state index contributed by atoms with van der Waals surface area (Å²) in [6, 6.07) is 6.73. The Morgan fingerprint density at radius 1 is 1.35 bits per heavy atom. The van der Waals surface area contributed by atoms with Crippen LogP contribution in [0.4, 0.5) is 5.69 Å². The summed E-state index contributed by atoms with van der Waals surface area (Å²) in [5.74, 6) is 0. The number of rotatable bonds is 5. The lowest BCUT2D eigenvalue weighted by atomic mass is 10.1. The van der Waals surface area contributed by atoms with Crippen LogP contribution in [0.15, 0.2) is 41.8 Å². The highest BCUT2D eigenvalue weighted by Crippen LogP contribution is 2.17. The van der Waals surface area contributed by atoms with E-state index in [1.54, 1.807) is 35.8 Å². The van der Waals surface area contributed by atoms with Crippen molar-refractivity contribution in [2.75, 3.05) is 5.73 Å². The van der Waals surface area contributed by atoms with Crippen LogP contribution in [0.1, 0.15) is 25.5 Å². The normalized spacial score (nSPS) is 13.3. The first-order valence-corrected chi connectivity index (χ1v) is 7.80. The van der Waals surface area contributed by atoms with Gasteiger partial charge in [-0.3, -0.25) is 0 Å². The van der Waals surface area contributed by atoms with Gasteiger partial charge in [0.1, 0.15) is 0 Å². The summed E-state index contributed by atoms with van der Waals surface area (Å²) in [4.78, 5) is 3.91. The summed E-state index contributed by atoms with van der Waals surface area (Å²) < 4.78 is 28.7. The molecule has 20 heavy (non-hydrogen) atoms. The molecule has 1 unspecified atom stereocenters. The van der Waals surface area contributed by atoms with Crippen LogP contribution < -0.4 is 10.5 Å². The molecule has 0 saturated heterocycles. The lowest BCUT2D eigenvalue weighted by Crippen LogP contribution is -2.27. The number of nitrogens with one attached hydrogen (secondary N) is 1. The van der Waals surface area contributed by atoms with Gasteiger partial charge in [-0.1, -0.05) is 12.1 Å². The predicted octanol–water partition coefficient (Wildman–Crippen LogP) is 1.52. The molecule has 6 nitrogen and oxygen atoms in total. The van der Waals surface area contributed by atoms with Crippen molar-refractivity contribution in [1.82, 2.24) is 14.3 Å². The molecule has 0 bridgehead atoms. The van der Waals surface area contributed by atoms with E-state index in [9.17, 15) is 8.42 Å². The van der Waals surface area contributed by atoms with Crippen LogP contribution in [0.3, 0.4) is 0 Å².